The summed E-state index contributed by atoms with van der Waals surface area (Å²) < 4.78 is 33.0. The average molecular weight is 340 g/mol. The van der Waals surface area contributed by atoms with E-state index in [1.807, 2.05) is 26.2 Å². The van der Waals surface area contributed by atoms with Gasteiger partial charge in [0.25, 0.3) is 0 Å². The molecule has 1 N–H and O–H groups in total. The summed E-state index contributed by atoms with van der Waals surface area (Å²) in [5.74, 6) is 0.710. The quantitative estimate of drug-likeness (QED) is 0.908. The second-order valence-corrected chi connectivity index (χ2v) is 8.00. The molecule has 0 saturated carbocycles. The second kappa shape index (κ2) is 6.36. The van der Waals surface area contributed by atoms with Crippen molar-refractivity contribution >= 4 is 21.4 Å². The van der Waals surface area contributed by atoms with Gasteiger partial charge in [-0.3, -0.25) is 0 Å². The number of benzene rings is 1. The molecule has 1 aromatic carbocycles. The van der Waals surface area contributed by atoms with Crippen LogP contribution in [0.2, 0.25) is 0 Å². The maximum absolute atomic E-state index is 12.6. The monoisotopic (exact) mass is 340 g/mol. The predicted molar refractivity (Wildman–Crippen MR) is 88.1 cm³/mol. The minimum absolute atomic E-state index is 0.238. The lowest BCUT2D eigenvalue weighted by Crippen LogP contribution is -2.27. The van der Waals surface area contributed by atoms with Gasteiger partial charge in [-0.1, -0.05) is 0 Å². The van der Waals surface area contributed by atoms with Crippen LogP contribution in [0.3, 0.4) is 0 Å². The fraction of sp³-hybridized carbons (Fsp3) is 0.400. The first kappa shape index (κ1) is 16.9. The van der Waals surface area contributed by atoms with Gasteiger partial charge in [-0.15, -0.1) is 11.3 Å². The molecule has 0 saturated heterocycles. The third-order valence-electron chi connectivity index (χ3n) is 3.36. The summed E-state index contributed by atoms with van der Waals surface area (Å²) in [5, 5.41) is 2.78. The fourth-order valence-electron chi connectivity index (χ4n) is 2.33. The smallest absolute Gasteiger partial charge is 0.241 e. The Morgan fingerprint density at radius 3 is 2.27 bits per heavy atom. The van der Waals surface area contributed by atoms with E-state index >= 15 is 0 Å². The minimum atomic E-state index is -3.61. The Morgan fingerprint density at radius 1 is 1.23 bits per heavy atom. The van der Waals surface area contributed by atoms with Gasteiger partial charge >= 0.3 is 0 Å². The maximum Gasteiger partial charge on any atom is 0.241 e. The van der Waals surface area contributed by atoms with E-state index in [4.69, 9.17) is 4.74 Å². The van der Waals surface area contributed by atoms with Crippen molar-refractivity contribution in [2.75, 3.05) is 7.11 Å². The Bertz CT molecular complexity index is 759. The standard InChI is InChI=1S/C15H20N2O3S2/c1-9-6-13(7-10(2)15(9)20-5)22(18,19)17-11(3)14-8-21-12(4)16-14/h6-8,11,17H,1-5H3. The van der Waals surface area contributed by atoms with Gasteiger partial charge in [-0.2, -0.15) is 0 Å². The molecule has 120 valence electrons. The van der Waals surface area contributed by atoms with Gasteiger partial charge in [0.1, 0.15) is 5.75 Å². The predicted octanol–water partition coefficient (Wildman–Crippen LogP) is 3.12. The molecule has 0 aliphatic rings. The van der Waals surface area contributed by atoms with E-state index in [1.165, 1.54) is 11.3 Å². The third-order valence-corrected chi connectivity index (χ3v) is 5.67. The number of aromatic nitrogens is 1. The molecule has 1 heterocycles. The molecular formula is C15H20N2O3S2. The Balaban J connectivity index is 2.31. The van der Waals surface area contributed by atoms with E-state index < -0.39 is 10.0 Å². The first-order valence-electron chi connectivity index (χ1n) is 6.84. The topological polar surface area (TPSA) is 68.3 Å². The number of aryl methyl sites for hydroxylation is 3. The molecule has 0 aliphatic heterocycles. The van der Waals surface area contributed by atoms with E-state index in [0.717, 1.165) is 21.8 Å². The highest BCUT2D eigenvalue weighted by Crippen LogP contribution is 2.27. The largest absolute Gasteiger partial charge is 0.496 e. The molecule has 0 bridgehead atoms. The molecule has 0 fully saturated rings. The Labute approximate surface area is 135 Å². The number of hydrogen-bond acceptors (Lipinski definition) is 5. The van der Waals surface area contributed by atoms with Crippen molar-refractivity contribution in [3.8, 4) is 5.75 Å². The zero-order valence-electron chi connectivity index (χ0n) is 13.3. The number of thiazole rings is 1. The highest BCUT2D eigenvalue weighted by molar-refractivity contribution is 7.89. The molecule has 2 rings (SSSR count). The van der Waals surface area contributed by atoms with Crippen LogP contribution in [0, 0.1) is 20.8 Å². The van der Waals surface area contributed by atoms with Crippen LogP contribution < -0.4 is 9.46 Å². The van der Waals surface area contributed by atoms with E-state index in [9.17, 15) is 8.42 Å². The van der Waals surface area contributed by atoms with Crippen molar-refractivity contribution in [1.82, 2.24) is 9.71 Å². The lowest BCUT2D eigenvalue weighted by Gasteiger charge is -2.15. The molecule has 5 nitrogen and oxygen atoms in total. The molecule has 0 spiro atoms. The SMILES string of the molecule is COc1c(C)cc(S(=O)(=O)NC(C)c2csc(C)n2)cc1C. The van der Waals surface area contributed by atoms with Gasteiger partial charge in [-0.05, 0) is 51.0 Å². The van der Waals surface area contributed by atoms with E-state index in [-0.39, 0.29) is 10.9 Å². The molecule has 1 atom stereocenters. The second-order valence-electron chi connectivity index (χ2n) is 5.22. The van der Waals surface area contributed by atoms with Gasteiger partial charge in [0.05, 0.1) is 28.7 Å². The summed E-state index contributed by atoms with van der Waals surface area (Å²) >= 11 is 1.50. The van der Waals surface area contributed by atoms with Gasteiger partial charge in [0.15, 0.2) is 0 Å². The summed E-state index contributed by atoms with van der Waals surface area (Å²) in [6, 6.07) is 2.86. The number of methoxy groups -OCH3 is 1. The lowest BCUT2D eigenvalue weighted by atomic mass is 10.1. The minimum Gasteiger partial charge on any atom is -0.496 e. The maximum atomic E-state index is 12.6. The van der Waals surface area contributed by atoms with Crippen molar-refractivity contribution in [1.29, 1.82) is 0 Å². The highest BCUT2D eigenvalue weighted by atomic mass is 32.2. The summed E-state index contributed by atoms with van der Waals surface area (Å²) in [6.45, 7) is 7.34. The van der Waals surface area contributed by atoms with Crippen LogP contribution in [-0.4, -0.2) is 20.5 Å². The van der Waals surface area contributed by atoms with E-state index in [1.54, 1.807) is 26.2 Å². The Hall–Kier alpha value is -1.44. The highest BCUT2D eigenvalue weighted by Gasteiger charge is 2.21. The van der Waals surface area contributed by atoms with Gasteiger partial charge in [0, 0.05) is 5.38 Å². The van der Waals surface area contributed by atoms with Crippen molar-refractivity contribution in [2.45, 2.75) is 38.6 Å². The summed E-state index contributed by atoms with van der Waals surface area (Å²) in [4.78, 5) is 4.56. The van der Waals surface area contributed by atoms with Crippen molar-refractivity contribution in [3.63, 3.8) is 0 Å². The van der Waals surface area contributed by atoms with Crippen LogP contribution in [0.25, 0.3) is 0 Å². The van der Waals surface area contributed by atoms with Gasteiger partial charge in [-0.25, -0.2) is 18.1 Å². The van der Waals surface area contributed by atoms with Crippen LogP contribution in [0.1, 0.15) is 34.8 Å². The van der Waals surface area contributed by atoms with Gasteiger partial charge < -0.3 is 4.74 Å². The van der Waals surface area contributed by atoms with Crippen LogP contribution in [-0.2, 0) is 10.0 Å². The van der Waals surface area contributed by atoms with Gasteiger partial charge in [0.2, 0.25) is 10.0 Å². The number of ether oxygens (including phenoxy) is 1. The van der Waals surface area contributed by atoms with Crippen LogP contribution >= 0.6 is 11.3 Å². The molecule has 0 radical (unpaired) electrons. The zero-order chi connectivity index (χ0) is 16.5. The number of sulfonamides is 1. The summed E-state index contributed by atoms with van der Waals surface area (Å²) in [5.41, 5.74) is 2.31. The number of rotatable bonds is 5. The first-order valence-corrected chi connectivity index (χ1v) is 9.20. The normalized spacial score (nSPS) is 13.1. The van der Waals surface area contributed by atoms with E-state index in [2.05, 4.69) is 9.71 Å². The molecule has 0 aliphatic carbocycles. The molecule has 0 amide bonds. The van der Waals surface area contributed by atoms with Crippen molar-refractivity contribution in [2.24, 2.45) is 0 Å². The molecule has 2 aromatic rings. The Morgan fingerprint density at radius 2 is 1.82 bits per heavy atom. The molecule has 22 heavy (non-hydrogen) atoms. The lowest BCUT2D eigenvalue weighted by molar-refractivity contribution is 0.408. The summed E-state index contributed by atoms with van der Waals surface area (Å²) in [7, 11) is -2.03. The number of hydrogen-bond donors (Lipinski definition) is 1. The molecule has 1 unspecified atom stereocenters. The average Bonchev–Trinajstić information content (AvgIpc) is 2.84. The first-order chi connectivity index (χ1) is 10.2. The Kier molecular flexibility index (Phi) is 4.89. The van der Waals surface area contributed by atoms with Crippen LogP contribution in [0.15, 0.2) is 22.4 Å². The number of nitrogens with zero attached hydrogens (tertiary/aromatic N) is 1. The van der Waals surface area contributed by atoms with E-state index in [0.29, 0.717) is 5.75 Å². The molecular weight excluding hydrogens is 320 g/mol. The molecule has 7 heteroatoms. The molecule has 1 aromatic heterocycles. The summed E-state index contributed by atoms with van der Waals surface area (Å²) in [6.07, 6.45) is 0. The van der Waals surface area contributed by atoms with Crippen molar-refractivity contribution in [3.05, 3.63) is 39.3 Å². The van der Waals surface area contributed by atoms with Crippen LogP contribution in [0.5, 0.6) is 5.75 Å². The van der Waals surface area contributed by atoms with Crippen molar-refractivity contribution < 1.29 is 13.2 Å². The zero-order valence-corrected chi connectivity index (χ0v) is 14.9. The third kappa shape index (κ3) is 3.48. The fourth-order valence-corrected chi connectivity index (χ4v) is 4.42. The number of nitrogens with one attached hydrogen (secondary N) is 1. The van der Waals surface area contributed by atoms with Crippen LogP contribution in [0.4, 0.5) is 0 Å².